The number of fused-ring (bicyclic) bond motifs is 1. The normalized spacial score (nSPS) is 14.3. The maximum Gasteiger partial charge on any atom is 0.127 e. The number of rotatable bonds is 6. The van der Waals surface area contributed by atoms with Crippen molar-refractivity contribution in [2.45, 2.75) is 45.2 Å². The summed E-state index contributed by atoms with van der Waals surface area (Å²) in [7, 11) is 0. The molecular formula is C15H22ClNO2. The van der Waals surface area contributed by atoms with Crippen molar-refractivity contribution >= 4 is 11.6 Å². The molecule has 0 spiro atoms. The number of ether oxygens (including phenoxy) is 1. The molecule has 0 bridgehead atoms. The second-order valence-electron chi connectivity index (χ2n) is 5.15. The molecule has 0 aliphatic carbocycles. The molecule has 0 radical (unpaired) electrons. The second kappa shape index (κ2) is 6.12. The smallest absolute Gasteiger partial charge is 0.127 e. The van der Waals surface area contributed by atoms with Gasteiger partial charge in [-0.3, -0.25) is 0 Å². The molecule has 2 N–H and O–H groups in total. The van der Waals surface area contributed by atoms with Crippen LogP contribution in [0.4, 0.5) is 0 Å². The minimum absolute atomic E-state index is 0.142. The average Bonchev–Trinajstić information content (AvgIpc) is 2.88. The van der Waals surface area contributed by atoms with Gasteiger partial charge in [0, 0.05) is 29.1 Å². The summed E-state index contributed by atoms with van der Waals surface area (Å²) in [5.74, 6) is 0.968. The molecule has 106 valence electrons. The van der Waals surface area contributed by atoms with E-state index in [-0.39, 0.29) is 12.1 Å². The van der Waals surface area contributed by atoms with Gasteiger partial charge in [-0.2, -0.15) is 0 Å². The molecule has 1 aliphatic heterocycles. The summed E-state index contributed by atoms with van der Waals surface area (Å²) in [5.41, 5.74) is 2.06. The summed E-state index contributed by atoms with van der Waals surface area (Å²) in [5, 5.41) is 13.8. The molecular weight excluding hydrogens is 262 g/mol. The summed E-state index contributed by atoms with van der Waals surface area (Å²) in [6.45, 7) is 5.72. The van der Waals surface area contributed by atoms with Crippen LogP contribution in [0.15, 0.2) is 12.1 Å². The minimum Gasteiger partial charge on any atom is -0.493 e. The van der Waals surface area contributed by atoms with E-state index in [0.717, 1.165) is 42.2 Å². The molecule has 0 fully saturated rings. The fourth-order valence-electron chi connectivity index (χ4n) is 2.54. The highest BCUT2D eigenvalue weighted by Crippen LogP contribution is 2.33. The summed E-state index contributed by atoms with van der Waals surface area (Å²) in [4.78, 5) is 0. The van der Waals surface area contributed by atoms with Crippen LogP contribution < -0.4 is 10.1 Å². The van der Waals surface area contributed by atoms with Crippen LogP contribution in [0.25, 0.3) is 0 Å². The van der Waals surface area contributed by atoms with Gasteiger partial charge >= 0.3 is 0 Å². The van der Waals surface area contributed by atoms with Gasteiger partial charge in [-0.25, -0.2) is 0 Å². The average molecular weight is 284 g/mol. The van der Waals surface area contributed by atoms with E-state index in [2.05, 4.69) is 19.2 Å². The molecule has 0 unspecified atom stereocenters. The lowest BCUT2D eigenvalue weighted by molar-refractivity contribution is 0.149. The third-order valence-electron chi connectivity index (χ3n) is 4.14. The minimum atomic E-state index is -0.214. The number of hydrogen-bond donors (Lipinski definition) is 2. The Labute approximate surface area is 119 Å². The predicted octanol–water partition coefficient (Wildman–Crippen LogP) is 2.92. The van der Waals surface area contributed by atoms with Crippen molar-refractivity contribution in [3.63, 3.8) is 0 Å². The molecule has 4 heteroatoms. The molecule has 1 aliphatic rings. The summed E-state index contributed by atoms with van der Waals surface area (Å²) >= 11 is 6.15. The van der Waals surface area contributed by atoms with Gasteiger partial charge in [0.2, 0.25) is 0 Å². The zero-order chi connectivity index (χ0) is 13.9. The van der Waals surface area contributed by atoms with Gasteiger partial charge in [0.15, 0.2) is 0 Å². The zero-order valence-electron chi connectivity index (χ0n) is 11.6. The standard InChI is InChI=1S/C15H22ClNO2/c1-3-15(4-2,10-18)17-9-12-8-13(16)7-11-5-6-19-14(11)12/h7-8,17-18H,3-6,9-10H2,1-2H3. The number of benzene rings is 1. The molecule has 0 amide bonds. The van der Waals surface area contributed by atoms with Crippen LogP contribution in [0.5, 0.6) is 5.75 Å². The van der Waals surface area contributed by atoms with Gasteiger partial charge in [0.25, 0.3) is 0 Å². The van der Waals surface area contributed by atoms with E-state index in [0.29, 0.717) is 6.54 Å². The number of aliphatic hydroxyl groups excluding tert-OH is 1. The third-order valence-corrected chi connectivity index (χ3v) is 4.35. The maximum atomic E-state index is 9.58. The van der Waals surface area contributed by atoms with Crippen LogP contribution in [0.3, 0.4) is 0 Å². The lowest BCUT2D eigenvalue weighted by Crippen LogP contribution is -2.47. The van der Waals surface area contributed by atoms with E-state index in [1.165, 1.54) is 5.56 Å². The quantitative estimate of drug-likeness (QED) is 0.843. The number of aliphatic hydroxyl groups is 1. The lowest BCUT2D eigenvalue weighted by atomic mass is 9.93. The van der Waals surface area contributed by atoms with Crippen molar-refractivity contribution in [3.05, 3.63) is 28.3 Å². The molecule has 1 aromatic rings. The molecule has 0 atom stereocenters. The molecule has 0 aromatic heterocycles. The molecule has 0 saturated heterocycles. The first-order valence-corrected chi connectivity index (χ1v) is 7.32. The first-order chi connectivity index (χ1) is 9.14. The van der Waals surface area contributed by atoms with Crippen molar-refractivity contribution in [2.24, 2.45) is 0 Å². The van der Waals surface area contributed by atoms with E-state index in [4.69, 9.17) is 16.3 Å². The summed E-state index contributed by atoms with van der Waals surface area (Å²) < 4.78 is 5.69. The van der Waals surface area contributed by atoms with Gasteiger partial charge in [-0.05, 0) is 30.5 Å². The van der Waals surface area contributed by atoms with Crippen molar-refractivity contribution in [1.82, 2.24) is 5.32 Å². The van der Waals surface area contributed by atoms with Crippen LogP contribution >= 0.6 is 11.6 Å². The van der Waals surface area contributed by atoms with E-state index < -0.39 is 0 Å². The Morgan fingerprint density at radius 3 is 2.74 bits per heavy atom. The predicted molar refractivity (Wildman–Crippen MR) is 77.9 cm³/mol. The van der Waals surface area contributed by atoms with Crippen molar-refractivity contribution in [3.8, 4) is 5.75 Å². The second-order valence-corrected chi connectivity index (χ2v) is 5.59. The summed E-state index contributed by atoms with van der Waals surface area (Å²) in [6.07, 6.45) is 2.71. The van der Waals surface area contributed by atoms with Gasteiger partial charge in [0.05, 0.1) is 13.2 Å². The van der Waals surface area contributed by atoms with Gasteiger partial charge in [0.1, 0.15) is 5.75 Å². The monoisotopic (exact) mass is 283 g/mol. The fraction of sp³-hybridized carbons (Fsp3) is 0.600. The van der Waals surface area contributed by atoms with Crippen LogP contribution in [-0.2, 0) is 13.0 Å². The van der Waals surface area contributed by atoms with E-state index in [9.17, 15) is 5.11 Å². The van der Waals surface area contributed by atoms with Crippen LogP contribution in [0, 0.1) is 0 Å². The number of hydrogen-bond acceptors (Lipinski definition) is 3. The Bertz CT molecular complexity index is 436. The molecule has 19 heavy (non-hydrogen) atoms. The lowest BCUT2D eigenvalue weighted by Gasteiger charge is -2.31. The third kappa shape index (κ3) is 3.04. The Hall–Kier alpha value is -0.770. The SMILES string of the molecule is CCC(CC)(CO)NCc1cc(Cl)cc2c1OCC2. The van der Waals surface area contributed by atoms with E-state index >= 15 is 0 Å². The van der Waals surface area contributed by atoms with Crippen molar-refractivity contribution < 1.29 is 9.84 Å². The fourth-order valence-corrected chi connectivity index (χ4v) is 2.80. The molecule has 2 rings (SSSR count). The first kappa shape index (κ1) is 14.6. The number of halogens is 1. The van der Waals surface area contributed by atoms with Gasteiger partial charge in [-0.15, -0.1) is 0 Å². The van der Waals surface area contributed by atoms with Crippen molar-refractivity contribution in [2.75, 3.05) is 13.2 Å². The van der Waals surface area contributed by atoms with Crippen LogP contribution in [-0.4, -0.2) is 23.9 Å². The molecule has 0 saturated carbocycles. The number of nitrogens with one attached hydrogen (secondary N) is 1. The Morgan fingerprint density at radius 2 is 2.11 bits per heavy atom. The zero-order valence-corrected chi connectivity index (χ0v) is 12.4. The van der Waals surface area contributed by atoms with Crippen LogP contribution in [0.1, 0.15) is 37.8 Å². The van der Waals surface area contributed by atoms with Crippen LogP contribution in [0.2, 0.25) is 5.02 Å². The molecule has 1 heterocycles. The van der Waals surface area contributed by atoms with E-state index in [1.54, 1.807) is 0 Å². The highest BCUT2D eigenvalue weighted by Gasteiger charge is 2.25. The highest BCUT2D eigenvalue weighted by molar-refractivity contribution is 6.30. The Kier molecular flexibility index (Phi) is 4.71. The van der Waals surface area contributed by atoms with Gasteiger partial charge in [-0.1, -0.05) is 25.4 Å². The molecule has 3 nitrogen and oxygen atoms in total. The Balaban J connectivity index is 2.16. The molecule has 1 aromatic carbocycles. The van der Waals surface area contributed by atoms with Crippen molar-refractivity contribution in [1.29, 1.82) is 0 Å². The largest absolute Gasteiger partial charge is 0.493 e. The maximum absolute atomic E-state index is 9.58. The Morgan fingerprint density at radius 1 is 1.37 bits per heavy atom. The first-order valence-electron chi connectivity index (χ1n) is 6.94. The summed E-state index contributed by atoms with van der Waals surface area (Å²) in [6, 6.07) is 3.93. The topological polar surface area (TPSA) is 41.5 Å². The van der Waals surface area contributed by atoms with Gasteiger partial charge < -0.3 is 15.2 Å². The van der Waals surface area contributed by atoms with E-state index in [1.807, 2.05) is 12.1 Å². The highest BCUT2D eigenvalue weighted by atomic mass is 35.5.